The highest BCUT2D eigenvalue weighted by Gasteiger charge is 2.16. The summed E-state index contributed by atoms with van der Waals surface area (Å²) >= 11 is 5.84. The minimum atomic E-state index is -3.67. The minimum Gasteiger partial charge on any atom is -0.378 e. The van der Waals surface area contributed by atoms with E-state index in [1.807, 2.05) is 0 Å². The highest BCUT2D eigenvalue weighted by atomic mass is 35.5. The molecular formula is C15H17ClN4O3S. The third-order valence-electron chi connectivity index (χ3n) is 3.55. The summed E-state index contributed by atoms with van der Waals surface area (Å²) in [6.45, 7) is 2.82. The van der Waals surface area contributed by atoms with Crippen LogP contribution in [0.25, 0.3) is 0 Å². The highest BCUT2D eigenvalue weighted by Crippen LogP contribution is 2.16. The van der Waals surface area contributed by atoms with Crippen LogP contribution < -0.4 is 9.62 Å². The number of hydrogen-bond donors (Lipinski definition) is 1. The molecule has 1 N–H and O–H groups in total. The van der Waals surface area contributed by atoms with Gasteiger partial charge in [0.1, 0.15) is 11.6 Å². The van der Waals surface area contributed by atoms with Crippen molar-refractivity contribution < 1.29 is 13.2 Å². The van der Waals surface area contributed by atoms with E-state index in [1.54, 1.807) is 24.4 Å². The molecule has 1 saturated heterocycles. The Kier molecular flexibility index (Phi) is 5.30. The first-order chi connectivity index (χ1) is 11.5. The van der Waals surface area contributed by atoms with Gasteiger partial charge in [0, 0.05) is 24.3 Å². The fourth-order valence-electron chi connectivity index (χ4n) is 2.32. The van der Waals surface area contributed by atoms with E-state index in [0.29, 0.717) is 24.1 Å². The predicted octanol–water partition coefficient (Wildman–Crippen LogP) is 1.45. The van der Waals surface area contributed by atoms with Crippen LogP contribution in [0.3, 0.4) is 0 Å². The van der Waals surface area contributed by atoms with Gasteiger partial charge in [-0.1, -0.05) is 17.7 Å². The lowest BCUT2D eigenvalue weighted by Crippen LogP contribution is -2.37. The molecule has 1 aromatic carbocycles. The second-order valence-corrected chi connectivity index (χ2v) is 7.42. The van der Waals surface area contributed by atoms with E-state index in [9.17, 15) is 8.42 Å². The summed E-state index contributed by atoms with van der Waals surface area (Å²) in [6, 6.07) is 7.90. The molecule has 0 spiro atoms. The Bertz CT molecular complexity index is 810. The summed E-state index contributed by atoms with van der Waals surface area (Å²) < 4.78 is 32.4. The largest absolute Gasteiger partial charge is 0.378 e. The molecule has 0 atom stereocenters. The number of benzene rings is 1. The maximum Gasteiger partial charge on any atom is 0.241 e. The van der Waals surface area contributed by atoms with Gasteiger partial charge in [-0.3, -0.25) is 0 Å². The fourth-order valence-corrected chi connectivity index (χ4v) is 3.60. The molecule has 0 aliphatic carbocycles. The third-order valence-corrected chi connectivity index (χ3v) is 5.19. The summed E-state index contributed by atoms with van der Waals surface area (Å²) in [5, 5.41) is 0.364. The molecule has 9 heteroatoms. The molecule has 1 aromatic heterocycles. The quantitative estimate of drug-likeness (QED) is 0.859. The summed E-state index contributed by atoms with van der Waals surface area (Å²) in [5.74, 6) is 1.18. The van der Waals surface area contributed by atoms with Gasteiger partial charge in [-0.25, -0.2) is 23.1 Å². The van der Waals surface area contributed by atoms with Gasteiger partial charge in [-0.05, 0) is 24.3 Å². The molecule has 3 rings (SSSR count). The number of nitrogens with zero attached hydrogens (tertiary/aromatic N) is 3. The van der Waals surface area contributed by atoms with Crippen molar-refractivity contribution in [2.75, 3.05) is 31.2 Å². The van der Waals surface area contributed by atoms with Crippen molar-refractivity contribution in [3.8, 4) is 0 Å². The van der Waals surface area contributed by atoms with Crippen molar-refractivity contribution in [2.24, 2.45) is 0 Å². The van der Waals surface area contributed by atoms with Crippen molar-refractivity contribution in [1.82, 2.24) is 14.7 Å². The summed E-state index contributed by atoms with van der Waals surface area (Å²) in [4.78, 5) is 10.7. The lowest BCUT2D eigenvalue weighted by Gasteiger charge is -2.27. The topological polar surface area (TPSA) is 84.4 Å². The van der Waals surface area contributed by atoms with E-state index >= 15 is 0 Å². The monoisotopic (exact) mass is 368 g/mol. The van der Waals surface area contributed by atoms with Crippen LogP contribution in [0.15, 0.2) is 41.4 Å². The van der Waals surface area contributed by atoms with Gasteiger partial charge in [-0.2, -0.15) is 0 Å². The maximum atomic E-state index is 12.3. The van der Waals surface area contributed by atoms with Crippen LogP contribution in [0, 0.1) is 0 Å². The van der Waals surface area contributed by atoms with E-state index in [2.05, 4.69) is 19.6 Å². The van der Waals surface area contributed by atoms with E-state index in [1.165, 1.54) is 12.1 Å². The summed E-state index contributed by atoms with van der Waals surface area (Å²) in [5.41, 5.74) is 0. The van der Waals surface area contributed by atoms with E-state index in [-0.39, 0.29) is 11.4 Å². The molecule has 2 heterocycles. The van der Waals surface area contributed by atoms with Crippen molar-refractivity contribution >= 4 is 27.4 Å². The number of rotatable bonds is 5. The van der Waals surface area contributed by atoms with Crippen molar-refractivity contribution in [1.29, 1.82) is 0 Å². The number of aromatic nitrogens is 2. The van der Waals surface area contributed by atoms with Gasteiger partial charge in [0.25, 0.3) is 0 Å². The Balaban J connectivity index is 1.70. The number of halogens is 1. The molecule has 1 aliphatic heterocycles. The molecule has 1 aliphatic rings. The van der Waals surface area contributed by atoms with Gasteiger partial charge >= 0.3 is 0 Å². The van der Waals surface area contributed by atoms with Crippen molar-refractivity contribution in [2.45, 2.75) is 11.4 Å². The Labute approximate surface area is 145 Å². The molecule has 0 amide bonds. The third kappa shape index (κ3) is 4.21. The average molecular weight is 369 g/mol. The van der Waals surface area contributed by atoms with Crippen LogP contribution in [0.5, 0.6) is 0 Å². The summed E-state index contributed by atoms with van der Waals surface area (Å²) in [7, 11) is -3.67. The van der Waals surface area contributed by atoms with Crippen LogP contribution in [0.2, 0.25) is 5.02 Å². The molecule has 7 nitrogen and oxygen atoms in total. The molecule has 1 fully saturated rings. The number of ether oxygens (including phenoxy) is 1. The number of nitrogens with one attached hydrogen (secondary N) is 1. The van der Waals surface area contributed by atoms with E-state index < -0.39 is 10.0 Å². The zero-order chi connectivity index (χ0) is 17.0. The van der Waals surface area contributed by atoms with Crippen LogP contribution in [-0.2, 0) is 21.3 Å². The van der Waals surface area contributed by atoms with Crippen LogP contribution in [0.4, 0.5) is 5.82 Å². The van der Waals surface area contributed by atoms with Gasteiger partial charge in [0.15, 0.2) is 0 Å². The molecule has 0 radical (unpaired) electrons. The highest BCUT2D eigenvalue weighted by molar-refractivity contribution is 7.89. The molecule has 128 valence electrons. The minimum absolute atomic E-state index is 0.00697. The Morgan fingerprint density at radius 2 is 2.04 bits per heavy atom. The first-order valence-corrected chi connectivity index (χ1v) is 9.30. The first kappa shape index (κ1) is 17.1. The Hall–Kier alpha value is -1.74. The fraction of sp³-hybridized carbons (Fsp3) is 0.333. The van der Waals surface area contributed by atoms with Crippen molar-refractivity contribution in [3.63, 3.8) is 0 Å². The van der Waals surface area contributed by atoms with Gasteiger partial charge in [-0.15, -0.1) is 0 Å². The number of sulfonamides is 1. The number of anilines is 1. The van der Waals surface area contributed by atoms with Gasteiger partial charge < -0.3 is 9.64 Å². The van der Waals surface area contributed by atoms with Crippen LogP contribution in [-0.4, -0.2) is 44.7 Å². The van der Waals surface area contributed by atoms with E-state index in [0.717, 1.165) is 18.9 Å². The zero-order valence-corrected chi connectivity index (χ0v) is 14.4. The molecule has 0 bridgehead atoms. The van der Waals surface area contributed by atoms with Gasteiger partial charge in [0.2, 0.25) is 10.0 Å². The Morgan fingerprint density at radius 3 is 2.79 bits per heavy atom. The van der Waals surface area contributed by atoms with Gasteiger partial charge in [0.05, 0.1) is 24.7 Å². The number of morpholine rings is 1. The maximum absolute atomic E-state index is 12.3. The number of hydrogen-bond acceptors (Lipinski definition) is 6. The molecule has 24 heavy (non-hydrogen) atoms. The SMILES string of the molecule is O=S(=O)(NCc1nccc(N2CCOCC2)n1)c1cccc(Cl)c1. The van der Waals surface area contributed by atoms with Crippen molar-refractivity contribution in [3.05, 3.63) is 47.4 Å². The standard InChI is InChI=1S/C15H17ClN4O3S/c16-12-2-1-3-13(10-12)24(21,22)18-11-14-17-5-4-15(19-14)20-6-8-23-9-7-20/h1-5,10,18H,6-9,11H2. The first-order valence-electron chi connectivity index (χ1n) is 7.44. The second-order valence-electron chi connectivity index (χ2n) is 5.21. The zero-order valence-electron chi connectivity index (χ0n) is 12.9. The Morgan fingerprint density at radius 1 is 1.25 bits per heavy atom. The lowest BCUT2D eigenvalue weighted by molar-refractivity contribution is 0.122. The smallest absolute Gasteiger partial charge is 0.241 e. The lowest BCUT2D eigenvalue weighted by atomic mass is 10.4. The van der Waals surface area contributed by atoms with Crippen LogP contribution >= 0.6 is 11.6 Å². The van der Waals surface area contributed by atoms with Crippen LogP contribution in [0.1, 0.15) is 5.82 Å². The predicted molar refractivity (Wildman–Crippen MR) is 90.5 cm³/mol. The second kappa shape index (κ2) is 7.43. The molecule has 0 unspecified atom stereocenters. The average Bonchev–Trinajstić information content (AvgIpc) is 2.61. The molecule has 0 saturated carbocycles. The van der Waals surface area contributed by atoms with E-state index in [4.69, 9.17) is 16.3 Å². The normalized spacial score (nSPS) is 15.5. The summed E-state index contributed by atoms with van der Waals surface area (Å²) in [6.07, 6.45) is 1.63. The molecular weight excluding hydrogens is 352 g/mol. The molecule has 2 aromatic rings.